The van der Waals surface area contributed by atoms with Gasteiger partial charge in [-0.05, 0) is 31.1 Å². The van der Waals surface area contributed by atoms with Crippen LogP contribution in [-0.2, 0) is 5.54 Å². The van der Waals surface area contributed by atoms with E-state index in [1.165, 1.54) is 11.8 Å². The highest BCUT2D eigenvalue weighted by atomic mass is 32.2. The molecule has 0 aromatic carbocycles. The molecular formula is C16H22N4OS. The molecule has 1 aliphatic carbocycles. The molecule has 0 N–H and O–H groups in total. The molecule has 0 radical (unpaired) electrons. The summed E-state index contributed by atoms with van der Waals surface area (Å²) in [5.41, 5.74) is 1.63. The molecule has 1 fully saturated rings. The van der Waals surface area contributed by atoms with Crippen molar-refractivity contribution < 1.29 is 4.79 Å². The molecule has 118 valence electrons. The van der Waals surface area contributed by atoms with Crippen molar-refractivity contribution in [2.24, 2.45) is 5.92 Å². The lowest BCUT2D eigenvalue weighted by Gasteiger charge is -2.26. The third kappa shape index (κ3) is 2.20. The lowest BCUT2D eigenvalue weighted by Crippen LogP contribution is -2.31. The lowest BCUT2D eigenvalue weighted by molar-refractivity contribution is 0.0812. The zero-order chi connectivity index (χ0) is 16.1. The molecule has 2 heterocycles. The van der Waals surface area contributed by atoms with Crippen LogP contribution in [-0.4, -0.2) is 45.7 Å². The maximum absolute atomic E-state index is 12.6. The maximum Gasteiger partial charge on any atom is 0.270 e. The molecule has 0 bridgehead atoms. The number of thioether (sulfide) groups is 1. The summed E-state index contributed by atoms with van der Waals surface area (Å²) in [6.45, 7) is 4.44. The fraction of sp³-hybridized carbons (Fsp3) is 0.562. The van der Waals surface area contributed by atoms with Gasteiger partial charge in [-0.3, -0.25) is 4.79 Å². The summed E-state index contributed by atoms with van der Waals surface area (Å²) < 4.78 is 2.18. The first-order chi connectivity index (χ1) is 10.4. The second kappa shape index (κ2) is 5.26. The number of aromatic nitrogens is 3. The molecular weight excluding hydrogens is 296 g/mol. The second-order valence-corrected chi connectivity index (χ2v) is 7.23. The van der Waals surface area contributed by atoms with Crippen molar-refractivity contribution in [2.75, 3.05) is 20.4 Å². The van der Waals surface area contributed by atoms with Gasteiger partial charge in [-0.15, -0.1) is 0 Å². The summed E-state index contributed by atoms with van der Waals surface area (Å²) in [7, 11) is 3.58. The SMILES string of the molecule is CSc1ncc2cc(C(=O)N(C)C)n(C3(C(C)C)CC3)c2n1. The topological polar surface area (TPSA) is 51.0 Å². The van der Waals surface area contributed by atoms with Crippen molar-refractivity contribution in [3.8, 4) is 0 Å². The summed E-state index contributed by atoms with van der Waals surface area (Å²) in [6, 6.07) is 1.93. The van der Waals surface area contributed by atoms with E-state index in [1.54, 1.807) is 19.0 Å². The molecule has 3 rings (SSSR count). The summed E-state index contributed by atoms with van der Waals surface area (Å²) in [6.07, 6.45) is 5.99. The predicted molar refractivity (Wildman–Crippen MR) is 89.4 cm³/mol. The van der Waals surface area contributed by atoms with Crippen LogP contribution < -0.4 is 0 Å². The van der Waals surface area contributed by atoms with E-state index in [9.17, 15) is 4.79 Å². The first-order valence-electron chi connectivity index (χ1n) is 7.55. The predicted octanol–water partition coefficient (Wildman–Crippen LogP) is 3.00. The van der Waals surface area contributed by atoms with Gasteiger partial charge < -0.3 is 9.47 Å². The number of nitrogens with zero attached hydrogens (tertiary/aromatic N) is 4. The van der Waals surface area contributed by atoms with Crippen molar-refractivity contribution >= 4 is 28.7 Å². The average molecular weight is 318 g/mol. The van der Waals surface area contributed by atoms with Crippen LogP contribution in [0.5, 0.6) is 0 Å². The van der Waals surface area contributed by atoms with Crippen LogP contribution in [0.2, 0.25) is 0 Å². The Balaban J connectivity index is 2.29. The van der Waals surface area contributed by atoms with E-state index in [0.717, 1.165) is 34.7 Å². The Hall–Kier alpha value is -1.56. The van der Waals surface area contributed by atoms with E-state index in [-0.39, 0.29) is 11.4 Å². The third-order valence-electron chi connectivity index (χ3n) is 4.61. The molecule has 2 aromatic heterocycles. The summed E-state index contributed by atoms with van der Waals surface area (Å²) in [5, 5.41) is 1.69. The van der Waals surface area contributed by atoms with Crippen LogP contribution in [0.15, 0.2) is 17.4 Å². The molecule has 0 unspecified atom stereocenters. The molecule has 1 saturated carbocycles. The van der Waals surface area contributed by atoms with Crippen molar-refractivity contribution in [1.29, 1.82) is 0 Å². The number of rotatable bonds is 4. The number of fused-ring (bicyclic) bond motifs is 1. The van der Waals surface area contributed by atoms with Crippen molar-refractivity contribution in [3.05, 3.63) is 18.0 Å². The van der Waals surface area contributed by atoms with E-state index in [2.05, 4.69) is 28.4 Å². The quantitative estimate of drug-likeness (QED) is 0.642. The smallest absolute Gasteiger partial charge is 0.270 e. The van der Waals surface area contributed by atoms with Gasteiger partial charge in [0.05, 0.1) is 0 Å². The summed E-state index contributed by atoms with van der Waals surface area (Å²) in [5.74, 6) is 0.486. The molecule has 1 aliphatic rings. The molecule has 5 nitrogen and oxygen atoms in total. The monoisotopic (exact) mass is 318 g/mol. The second-order valence-electron chi connectivity index (χ2n) is 6.46. The first-order valence-corrected chi connectivity index (χ1v) is 8.78. The average Bonchev–Trinajstić information content (AvgIpc) is 3.21. The Morgan fingerprint density at radius 3 is 2.59 bits per heavy atom. The Morgan fingerprint density at radius 2 is 2.09 bits per heavy atom. The number of hydrogen-bond acceptors (Lipinski definition) is 4. The highest BCUT2D eigenvalue weighted by Gasteiger charge is 2.49. The van der Waals surface area contributed by atoms with Crippen LogP contribution >= 0.6 is 11.8 Å². The van der Waals surface area contributed by atoms with Gasteiger partial charge in [-0.25, -0.2) is 9.97 Å². The standard InChI is InChI=1S/C16H22N4OS/c1-10(2)16(6-7-16)20-12(14(21)19(3)4)8-11-9-17-15(22-5)18-13(11)20/h8-10H,6-7H2,1-5H3. The van der Waals surface area contributed by atoms with Gasteiger partial charge in [-0.2, -0.15) is 0 Å². The van der Waals surface area contributed by atoms with Gasteiger partial charge in [0.15, 0.2) is 5.16 Å². The van der Waals surface area contributed by atoms with Gasteiger partial charge in [0.1, 0.15) is 11.3 Å². The summed E-state index contributed by atoms with van der Waals surface area (Å²) in [4.78, 5) is 23.3. The lowest BCUT2D eigenvalue weighted by atomic mass is 10.0. The van der Waals surface area contributed by atoms with Crippen LogP contribution in [0.1, 0.15) is 37.2 Å². The molecule has 1 amide bonds. The van der Waals surface area contributed by atoms with Gasteiger partial charge in [0, 0.05) is 31.2 Å². The van der Waals surface area contributed by atoms with Gasteiger partial charge in [-0.1, -0.05) is 25.6 Å². The molecule has 2 aromatic rings. The maximum atomic E-state index is 12.6. The Morgan fingerprint density at radius 1 is 1.41 bits per heavy atom. The Bertz CT molecular complexity index is 731. The van der Waals surface area contributed by atoms with Gasteiger partial charge in [0.25, 0.3) is 5.91 Å². The van der Waals surface area contributed by atoms with E-state index >= 15 is 0 Å². The number of hydrogen-bond donors (Lipinski definition) is 0. The minimum Gasteiger partial charge on any atom is -0.343 e. The molecule has 0 spiro atoms. The van der Waals surface area contributed by atoms with Crippen molar-refractivity contribution in [2.45, 2.75) is 37.4 Å². The van der Waals surface area contributed by atoms with Crippen LogP contribution in [0, 0.1) is 5.92 Å². The van der Waals surface area contributed by atoms with E-state index < -0.39 is 0 Å². The minimum absolute atomic E-state index is 0.0206. The zero-order valence-electron chi connectivity index (χ0n) is 13.8. The molecule has 6 heteroatoms. The normalized spacial score (nSPS) is 16.3. The Kier molecular flexibility index (Phi) is 3.67. The fourth-order valence-corrected chi connectivity index (χ4v) is 3.43. The number of amides is 1. The number of carbonyl (C=O) groups is 1. The summed E-state index contributed by atoms with van der Waals surface area (Å²) >= 11 is 1.52. The highest BCUT2D eigenvalue weighted by molar-refractivity contribution is 7.98. The van der Waals surface area contributed by atoms with Crippen LogP contribution in [0.3, 0.4) is 0 Å². The highest BCUT2D eigenvalue weighted by Crippen LogP contribution is 2.52. The fourth-order valence-electron chi connectivity index (χ4n) is 3.10. The zero-order valence-corrected chi connectivity index (χ0v) is 14.6. The minimum atomic E-state index is 0.0206. The Labute approximate surface area is 135 Å². The van der Waals surface area contributed by atoms with Gasteiger partial charge >= 0.3 is 0 Å². The van der Waals surface area contributed by atoms with Crippen LogP contribution in [0.4, 0.5) is 0 Å². The molecule has 0 atom stereocenters. The molecule has 0 saturated heterocycles. The number of carbonyl (C=O) groups excluding carboxylic acids is 1. The van der Waals surface area contributed by atoms with Crippen molar-refractivity contribution in [3.63, 3.8) is 0 Å². The molecule has 0 aliphatic heterocycles. The van der Waals surface area contributed by atoms with E-state index in [4.69, 9.17) is 0 Å². The largest absolute Gasteiger partial charge is 0.343 e. The van der Waals surface area contributed by atoms with E-state index in [1.807, 2.05) is 18.5 Å². The molecule has 22 heavy (non-hydrogen) atoms. The first kappa shape index (κ1) is 15.3. The third-order valence-corrected chi connectivity index (χ3v) is 5.17. The van der Waals surface area contributed by atoms with Gasteiger partial charge in [0.2, 0.25) is 0 Å². The van der Waals surface area contributed by atoms with Crippen LogP contribution in [0.25, 0.3) is 11.0 Å². The van der Waals surface area contributed by atoms with Crippen molar-refractivity contribution in [1.82, 2.24) is 19.4 Å². The van der Waals surface area contributed by atoms with E-state index in [0.29, 0.717) is 5.92 Å².